The molecule has 0 saturated carbocycles. The zero-order valence-corrected chi connectivity index (χ0v) is 3.77. The average Bonchev–Trinajstić information content (AvgIpc) is 1.86. The lowest BCUT2D eigenvalue weighted by molar-refractivity contribution is 0.276. The highest BCUT2D eigenvalue weighted by Gasteiger charge is 2.08. The summed E-state index contributed by atoms with van der Waals surface area (Å²) < 4.78 is 4.92. The van der Waals surface area contributed by atoms with Crippen LogP contribution in [0.25, 0.3) is 0 Å². The second-order valence-electron chi connectivity index (χ2n) is 1.47. The van der Waals surface area contributed by atoms with Crippen LogP contribution in [0, 0.1) is 0 Å². The number of hydrogen-bond donors (Lipinski definition) is 1. The number of hydrogen-bond acceptors (Lipinski definition) is 2. The summed E-state index contributed by atoms with van der Waals surface area (Å²) in [6.07, 6.45) is 0.380. The van der Waals surface area contributed by atoms with Crippen LogP contribution >= 0.6 is 0 Å². The van der Waals surface area contributed by atoms with Gasteiger partial charge in [-0.25, -0.2) is 0 Å². The Labute approximate surface area is 38.2 Å². The minimum atomic E-state index is 0.380. The van der Waals surface area contributed by atoms with E-state index in [-0.39, 0.29) is 0 Å². The number of rotatable bonds is 0. The summed E-state index contributed by atoms with van der Waals surface area (Å²) in [5, 5.41) is 2.92. The van der Waals surface area contributed by atoms with E-state index in [9.17, 15) is 0 Å². The summed E-state index contributed by atoms with van der Waals surface area (Å²) >= 11 is 0. The molecule has 0 aliphatic carbocycles. The van der Waals surface area contributed by atoms with Crippen LogP contribution in [0.2, 0.25) is 0 Å². The lowest BCUT2D eigenvalue weighted by Crippen LogP contribution is -2.11. The second-order valence-corrected chi connectivity index (χ2v) is 1.47. The van der Waals surface area contributed by atoms with Crippen LogP contribution in [-0.4, -0.2) is 20.3 Å². The molecule has 1 unspecified atom stereocenters. The van der Waals surface area contributed by atoms with Crippen molar-refractivity contribution >= 4 is 7.62 Å². The van der Waals surface area contributed by atoms with Gasteiger partial charge in [0.2, 0.25) is 0 Å². The molecule has 0 spiro atoms. The molecule has 2 nitrogen and oxygen atoms in total. The predicted molar refractivity (Wildman–Crippen MR) is 24.3 cm³/mol. The molecule has 0 aromatic carbocycles. The van der Waals surface area contributed by atoms with E-state index in [0.717, 1.165) is 6.54 Å². The van der Waals surface area contributed by atoms with Crippen molar-refractivity contribution < 1.29 is 4.65 Å². The third-order valence-electron chi connectivity index (χ3n) is 0.789. The zero-order chi connectivity index (χ0) is 4.41. The summed E-state index contributed by atoms with van der Waals surface area (Å²) in [7, 11) is 1.63. The molecule has 1 saturated heterocycles. The molecular formula is C3H7BNO. The van der Waals surface area contributed by atoms with Gasteiger partial charge in [0.25, 0.3) is 0 Å². The van der Waals surface area contributed by atoms with Crippen molar-refractivity contribution in [2.45, 2.75) is 13.0 Å². The van der Waals surface area contributed by atoms with Crippen molar-refractivity contribution in [3.63, 3.8) is 0 Å². The molecule has 1 radical (unpaired) electrons. The fourth-order valence-corrected chi connectivity index (χ4v) is 0.426. The topological polar surface area (TPSA) is 21.3 Å². The Balaban J connectivity index is 2.18. The van der Waals surface area contributed by atoms with Crippen LogP contribution in [0.1, 0.15) is 6.92 Å². The van der Waals surface area contributed by atoms with Crippen LogP contribution in [0.5, 0.6) is 0 Å². The first-order chi connectivity index (χ1) is 2.89. The van der Waals surface area contributed by atoms with Crippen molar-refractivity contribution in [2.75, 3.05) is 6.54 Å². The smallest absolute Gasteiger partial charge is 0.396 e. The maximum Gasteiger partial charge on any atom is 0.396 e. The van der Waals surface area contributed by atoms with Gasteiger partial charge in [-0.2, -0.15) is 0 Å². The van der Waals surface area contributed by atoms with Gasteiger partial charge in [0.05, 0.1) is 0 Å². The van der Waals surface area contributed by atoms with E-state index in [1.807, 2.05) is 6.92 Å². The third-order valence-corrected chi connectivity index (χ3v) is 0.789. The van der Waals surface area contributed by atoms with Crippen molar-refractivity contribution in [3.8, 4) is 0 Å². The van der Waals surface area contributed by atoms with Crippen LogP contribution in [0.4, 0.5) is 0 Å². The first kappa shape index (κ1) is 4.15. The normalized spacial score (nSPS) is 33.2. The summed E-state index contributed by atoms with van der Waals surface area (Å²) in [6.45, 7) is 2.98. The third kappa shape index (κ3) is 0.728. The maximum absolute atomic E-state index is 4.92. The molecule has 1 rings (SSSR count). The summed E-state index contributed by atoms with van der Waals surface area (Å²) in [5.41, 5.74) is 0. The Hall–Kier alpha value is -0.0151. The Bertz CT molecular complexity index is 44.1. The molecule has 1 heterocycles. The van der Waals surface area contributed by atoms with Gasteiger partial charge in [-0.3, -0.25) is 0 Å². The molecule has 0 bridgehead atoms. The standard InChI is InChI=1S/C3H7BNO/c1-3-2-5-4-6-3/h3,5H,2H2,1H3. The molecule has 0 aromatic heterocycles. The van der Waals surface area contributed by atoms with E-state index in [1.54, 1.807) is 7.62 Å². The Morgan fingerprint density at radius 3 is 3.00 bits per heavy atom. The molecule has 1 N–H and O–H groups in total. The quantitative estimate of drug-likeness (QED) is 0.400. The van der Waals surface area contributed by atoms with Gasteiger partial charge < -0.3 is 9.88 Å². The molecule has 0 aromatic rings. The first-order valence-corrected chi connectivity index (χ1v) is 2.10. The largest absolute Gasteiger partial charge is 0.420 e. The monoisotopic (exact) mass is 84.1 g/mol. The first-order valence-electron chi connectivity index (χ1n) is 2.10. The minimum Gasteiger partial charge on any atom is -0.420 e. The second kappa shape index (κ2) is 1.62. The van der Waals surface area contributed by atoms with Crippen LogP contribution in [0.15, 0.2) is 0 Å². The van der Waals surface area contributed by atoms with Gasteiger partial charge in [-0.15, -0.1) is 0 Å². The fourth-order valence-electron chi connectivity index (χ4n) is 0.426. The highest BCUT2D eigenvalue weighted by atomic mass is 16.5. The van der Waals surface area contributed by atoms with Crippen molar-refractivity contribution in [1.29, 1.82) is 0 Å². The van der Waals surface area contributed by atoms with Crippen LogP contribution in [-0.2, 0) is 4.65 Å². The Morgan fingerprint density at radius 2 is 2.83 bits per heavy atom. The predicted octanol–water partition coefficient (Wildman–Crippen LogP) is -0.471. The summed E-state index contributed by atoms with van der Waals surface area (Å²) in [6, 6.07) is 0. The highest BCUT2D eigenvalue weighted by molar-refractivity contribution is 6.24. The Morgan fingerprint density at radius 1 is 2.00 bits per heavy atom. The summed E-state index contributed by atoms with van der Waals surface area (Å²) in [4.78, 5) is 0. The SMILES string of the molecule is CC1CN[B]O1. The van der Waals surface area contributed by atoms with Gasteiger partial charge in [-0.05, 0) is 6.92 Å². The molecule has 1 atom stereocenters. The van der Waals surface area contributed by atoms with Crippen LogP contribution in [0.3, 0.4) is 0 Å². The van der Waals surface area contributed by atoms with Gasteiger partial charge in [0.1, 0.15) is 0 Å². The maximum atomic E-state index is 4.92. The molecule has 3 heteroatoms. The highest BCUT2D eigenvalue weighted by Crippen LogP contribution is 1.89. The van der Waals surface area contributed by atoms with E-state index >= 15 is 0 Å². The van der Waals surface area contributed by atoms with Gasteiger partial charge >= 0.3 is 7.62 Å². The molecule has 1 aliphatic heterocycles. The number of nitrogens with one attached hydrogen (secondary N) is 1. The van der Waals surface area contributed by atoms with E-state index < -0.39 is 0 Å². The molecule has 0 amide bonds. The van der Waals surface area contributed by atoms with E-state index in [2.05, 4.69) is 5.23 Å². The van der Waals surface area contributed by atoms with Crippen LogP contribution < -0.4 is 5.23 Å². The minimum absolute atomic E-state index is 0.380. The summed E-state index contributed by atoms with van der Waals surface area (Å²) in [5.74, 6) is 0. The van der Waals surface area contributed by atoms with E-state index in [4.69, 9.17) is 4.65 Å². The molecular weight excluding hydrogens is 76.9 g/mol. The van der Waals surface area contributed by atoms with Gasteiger partial charge in [-0.1, -0.05) is 0 Å². The molecule has 6 heavy (non-hydrogen) atoms. The van der Waals surface area contributed by atoms with Crippen molar-refractivity contribution in [2.24, 2.45) is 0 Å². The van der Waals surface area contributed by atoms with Crippen molar-refractivity contribution in [1.82, 2.24) is 5.23 Å². The zero-order valence-electron chi connectivity index (χ0n) is 3.77. The molecule has 33 valence electrons. The molecule has 1 aliphatic rings. The lowest BCUT2D eigenvalue weighted by Gasteiger charge is -1.94. The Kier molecular flexibility index (Phi) is 1.12. The van der Waals surface area contributed by atoms with Crippen molar-refractivity contribution in [3.05, 3.63) is 0 Å². The van der Waals surface area contributed by atoms with E-state index in [0.29, 0.717) is 6.10 Å². The molecule has 1 fully saturated rings. The van der Waals surface area contributed by atoms with Gasteiger partial charge in [0.15, 0.2) is 0 Å². The fraction of sp³-hybridized carbons (Fsp3) is 1.00. The van der Waals surface area contributed by atoms with Gasteiger partial charge in [0, 0.05) is 12.6 Å². The van der Waals surface area contributed by atoms with E-state index in [1.165, 1.54) is 0 Å². The average molecular weight is 83.9 g/mol. The lowest BCUT2D eigenvalue weighted by atomic mass is 10.3.